The van der Waals surface area contributed by atoms with Crippen molar-refractivity contribution in [3.63, 3.8) is 0 Å². The average molecular weight is 282 g/mol. The monoisotopic (exact) mass is 282 g/mol. The van der Waals surface area contributed by atoms with E-state index >= 15 is 0 Å². The molecular formula is C17H18N2O2. The number of carbonyl (C=O) groups is 1. The molecule has 21 heavy (non-hydrogen) atoms. The molecule has 0 atom stereocenters. The second kappa shape index (κ2) is 6.22. The van der Waals surface area contributed by atoms with Gasteiger partial charge in [-0.15, -0.1) is 0 Å². The maximum absolute atomic E-state index is 12.3. The third-order valence-electron chi connectivity index (χ3n) is 3.17. The summed E-state index contributed by atoms with van der Waals surface area (Å²) in [5.41, 5.74) is 4.66. The molecule has 0 bridgehead atoms. The van der Waals surface area contributed by atoms with E-state index in [1.54, 1.807) is 25.1 Å². The summed E-state index contributed by atoms with van der Waals surface area (Å²) in [6.07, 6.45) is 0. The van der Waals surface area contributed by atoms with Gasteiger partial charge in [-0.25, -0.2) is 0 Å². The van der Waals surface area contributed by atoms with Crippen LogP contribution in [0.15, 0.2) is 47.6 Å². The van der Waals surface area contributed by atoms with Gasteiger partial charge in [0.1, 0.15) is 0 Å². The normalized spacial score (nSPS) is 11.3. The molecule has 108 valence electrons. The van der Waals surface area contributed by atoms with Crippen molar-refractivity contribution in [1.82, 2.24) is 0 Å². The number of hydrogen-bond donors (Lipinski definition) is 2. The molecule has 0 heterocycles. The molecule has 0 aliphatic heterocycles. The standard InChI is InChI=1S/C17H18N2O2/c1-11-7-12(2)9-15(8-11)17(20)18-16-6-4-5-14(10-16)13(3)19-21/h4-10,21H,1-3H3,(H,18,20)/b19-13+. The molecule has 0 radical (unpaired) electrons. The summed E-state index contributed by atoms with van der Waals surface area (Å²) in [5.74, 6) is -0.155. The van der Waals surface area contributed by atoms with Crippen molar-refractivity contribution < 1.29 is 10.0 Å². The molecule has 2 N–H and O–H groups in total. The molecule has 0 fully saturated rings. The molecule has 0 saturated carbocycles. The molecule has 4 heteroatoms. The number of nitrogens with one attached hydrogen (secondary N) is 1. The molecule has 0 spiro atoms. The van der Waals surface area contributed by atoms with Gasteiger partial charge in [0.2, 0.25) is 0 Å². The maximum atomic E-state index is 12.3. The van der Waals surface area contributed by atoms with Crippen molar-refractivity contribution in [2.75, 3.05) is 5.32 Å². The average Bonchev–Trinajstić information content (AvgIpc) is 2.45. The molecule has 2 aromatic rings. The lowest BCUT2D eigenvalue weighted by atomic mass is 10.1. The van der Waals surface area contributed by atoms with E-state index in [2.05, 4.69) is 10.5 Å². The van der Waals surface area contributed by atoms with Crippen LogP contribution in [0.1, 0.15) is 34.0 Å². The fourth-order valence-electron chi connectivity index (χ4n) is 2.19. The molecular weight excluding hydrogens is 264 g/mol. The number of aryl methyl sites for hydroxylation is 2. The van der Waals surface area contributed by atoms with E-state index in [9.17, 15) is 4.79 Å². The van der Waals surface area contributed by atoms with Crippen LogP contribution < -0.4 is 5.32 Å². The van der Waals surface area contributed by atoms with Crippen molar-refractivity contribution in [3.8, 4) is 0 Å². The molecule has 0 aliphatic rings. The summed E-state index contributed by atoms with van der Waals surface area (Å²) in [6, 6.07) is 12.9. The Labute approximate surface area is 124 Å². The highest BCUT2D eigenvalue weighted by molar-refractivity contribution is 6.05. The van der Waals surface area contributed by atoms with Gasteiger partial charge in [-0.05, 0) is 45.0 Å². The Kier molecular flexibility index (Phi) is 4.38. The highest BCUT2D eigenvalue weighted by Gasteiger charge is 2.08. The van der Waals surface area contributed by atoms with Crippen molar-refractivity contribution in [2.24, 2.45) is 5.16 Å². The Morgan fingerprint density at radius 2 is 1.71 bits per heavy atom. The number of amides is 1. The van der Waals surface area contributed by atoms with Crippen molar-refractivity contribution in [1.29, 1.82) is 0 Å². The summed E-state index contributed by atoms with van der Waals surface area (Å²) in [6.45, 7) is 5.63. The summed E-state index contributed by atoms with van der Waals surface area (Å²) in [7, 11) is 0. The fraction of sp³-hybridized carbons (Fsp3) is 0.176. The fourth-order valence-corrected chi connectivity index (χ4v) is 2.19. The first-order valence-electron chi connectivity index (χ1n) is 6.68. The van der Waals surface area contributed by atoms with Gasteiger partial charge in [0.15, 0.2) is 0 Å². The summed E-state index contributed by atoms with van der Waals surface area (Å²) in [4.78, 5) is 12.3. The first-order valence-corrected chi connectivity index (χ1v) is 6.68. The van der Waals surface area contributed by atoms with Gasteiger partial charge in [0.25, 0.3) is 5.91 Å². The SMILES string of the molecule is C/C(=N\O)c1cccc(NC(=O)c2cc(C)cc(C)c2)c1. The van der Waals surface area contributed by atoms with Gasteiger partial charge in [-0.2, -0.15) is 0 Å². The minimum absolute atomic E-state index is 0.155. The first kappa shape index (κ1) is 14.8. The van der Waals surface area contributed by atoms with Crippen molar-refractivity contribution in [3.05, 3.63) is 64.7 Å². The lowest BCUT2D eigenvalue weighted by Gasteiger charge is -2.08. The van der Waals surface area contributed by atoms with E-state index in [1.807, 2.05) is 38.1 Å². The van der Waals surface area contributed by atoms with Crippen molar-refractivity contribution >= 4 is 17.3 Å². The van der Waals surface area contributed by atoms with Crippen LogP contribution >= 0.6 is 0 Å². The van der Waals surface area contributed by atoms with Crippen LogP contribution in [-0.4, -0.2) is 16.8 Å². The second-order valence-electron chi connectivity index (χ2n) is 5.10. The first-order chi connectivity index (χ1) is 9.99. The van der Waals surface area contributed by atoms with Gasteiger partial charge in [-0.3, -0.25) is 4.79 Å². The predicted octanol–water partition coefficient (Wildman–Crippen LogP) is 3.75. The quantitative estimate of drug-likeness (QED) is 0.511. The van der Waals surface area contributed by atoms with Crippen LogP contribution in [0.3, 0.4) is 0 Å². The molecule has 0 aromatic heterocycles. The zero-order chi connectivity index (χ0) is 15.4. The van der Waals surface area contributed by atoms with Gasteiger partial charge in [0.05, 0.1) is 5.71 Å². The largest absolute Gasteiger partial charge is 0.411 e. The predicted molar refractivity (Wildman–Crippen MR) is 84.3 cm³/mol. The third kappa shape index (κ3) is 3.69. The number of nitrogens with zero attached hydrogens (tertiary/aromatic N) is 1. The Balaban J connectivity index is 2.23. The summed E-state index contributed by atoms with van der Waals surface area (Å²) in [5, 5.41) is 14.8. The smallest absolute Gasteiger partial charge is 0.255 e. The molecule has 4 nitrogen and oxygen atoms in total. The van der Waals surface area contributed by atoms with Crippen molar-refractivity contribution in [2.45, 2.75) is 20.8 Å². The van der Waals surface area contributed by atoms with Crippen LogP contribution in [0.25, 0.3) is 0 Å². The van der Waals surface area contributed by atoms with Crippen LogP contribution in [0.5, 0.6) is 0 Å². The zero-order valence-electron chi connectivity index (χ0n) is 12.3. The minimum atomic E-state index is -0.155. The van der Waals surface area contributed by atoms with Gasteiger partial charge in [0, 0.05) is 16.8 Å². The summed E-state index contributed by atoms with van der Waals surface area (Å²) < 4.78 is 0. The molecule has 1 amide bonds. The van der Waals surface area contributed by atoms with E-state index in [-0.39, 0.29) is 5.91 Å². The lowest BCUT2D eigenvalue weighted by Crippen LogP contribution is -2.12. The maximum Gasteiger partial charge on any atom is 0.255 e. The highest BCUT2D eigenvalue weighted by Crippen LogP contribution is 2.15. The van der Waals surface area contributed by atoms with Gasteiger partial charge >= 0.3 is 0 Å². The Bertz CT molecular complexity index is 685. The molecule has 0 aliphatic carbocycles. The second-order valence-corrected chi connectivity index (χ2v) is 5.10. The van der Waals surface area contributed by atoms with Crippen LogP contribution in [-0.2, 0) is 0 Å². The van der Waals surface area contributed by atoms with Crippen LogP contribution in [0.2, 0.25) is 0 Å². The van der Waals surface area contributed by atoms with Crippen LogP contribution in [0.4, 0.5) is 5.69 Å². The highest BCUT2D eigenvalue weighted by atomic mass is 16.4. The molecule has 2 rings (SSSR count). The molecule has 2 aromatic carbocycles. The Hall–Kier alpha value is -2.62. The lowest BCUT2D eigenvalue weighted by molar-refractivity contribution is 0.102. The Morgan fingerprint density at radius 1 is 1.05 bits per heavy atom. The molecule has 0 saturated heterocycles. The topological polar surface area (TPSA) is 61.7 Å². The third-order valence-corrected chi connectivity index (χ3v) is 3.17. The van der Waals surface area contributed by atoms with E-state index in [0.717, 1.165) is 16.7 Å². The van der Waals surface area contributed by atoms with Crippen LogP contribution in [0, 0.1) is 13.8 Å². The number of hydrogen-bond acceptors (Lipinski definition) is 3. The van der Waals surface area contributed by atoms with Gasteiger partial charge < -0.3 is 10.5 Å². The number of benzene rings is 2. The van der Waals surface area contributed by atoms with E-state index in [1.165, 1.54) is 0 Å². The number of oxime groups is 1. The molecule has 0 unspecified atom stereocenters. The number of carbonyl (C=O) groups excluding carboxylic acids is 1. The van der Waals surface area contributed by atoms with Gasteiger partial charge in [-0.1, -0.05) is 34.5 Å². The van der Waals surface area contributed by atoms with E-state index < -0.39 is 0 Å². The number of rotatable bonds is 3. The summed E-state index contributed by atoms with van der Waals surface area (Å²) >= 11 is 0. The zero-order valence-corrected chi connectivity index (χ0v) is 12.3. The Morgan fingerprint density at radius 3 is 2.33 bits per heavy atom. The van der Waals surface area contributed by atoms with E-state index in [0.29, 0.717) is 17.0 Å². The van der Waals surface area contributed by atoms with E-state index in [4.69, 9.17) is 5.21 Å². The minimum Gasteiger partial charge on any atom is -0.411 e. The number of anilines is 1.